The molecule has 1 N–H and O–H groups in total. The molecule has 0 aromatic carbocycles. The van der Waals surface area contributed by atoms with E-state index >= 15 is 0 Å². The summed E-state index contributed by atoms with van der Waals surface area (Å²) >= 11 is 5.28. The average molecular weight is 341 g/mol. The monoisotopic (exact) mass is 340 g/mol. The SMILES string of the molecule is COc1c(C)cnc(CNCc2sccc2Br)c1C. The molecule has 2 rings (SSSR count). The Kier molecular flexibility index (Phi) is 4.96. The molecule has 102 valence electrons. The summed E-state index contributed by atoms with van der Waals surface area (Å²) in [5.74, 6) is 0.934. The zero-order chi connectivity index (χ0) is 13.8. The molecule has 0 saturated carbocycles. The molecule has 2 aromatic rings. The lowest BCUT2D eigenvalue weighted by atomic mass is 10.1. The normalized spacial score (nSPS) is 10.7. The third-order valence-corrected chi connectivity index (χ3v) is 4.95. The van der Waals surface area contributed by atoms with E-state index in [4.69, 9.17) is 4.74 Å². The van der Waals surface area contributed by atoms with Crippen molar-refractivity contribution in [1.29, 1.82) is 0 Å². The lowest BCUT2D eigenvalue weighted by Crippen LogP contribution is -2.14. The summed E-state index contributed by atoms with van der Waals surface area (Å²) in [4.78, 5) is 5.78. The Morgan fingerprint density at radius 3 is 2.79 bits per heavy atom. The van der Waals surface area contributed by atoms with Crippen molar-refractivity contribution in [3.05, 3.63) is 43.8 Å². The standard InChI is InChI=1S/C14H17BrN2OS/c1-9-6-17-12(10(2)14(9)18-3)7-16-8-13-11(15)4-5-19-13/h4-6,16H,7-8H2,1-3H3. The predicted molar refractivity (Wildman–Crippen MR) is 82.8 cm³/mol. The fourth-order valence-electron chi connectivity index (χ4n) is 1.99. The van der Waals surface area contributed by atoms with Gasteiger partial charge in [-0.15, -0.1) is 11.3 Å². The number of ether oxygens (including phenoxy) is 1. The highest BCUT2D eigenvalue weighted by atomic mass is 79.9. The van der Waals surface area contributed by atoms with Gasteiger partial charge in [-0.3, -0.25) is 4.98 Å². The molecule has 0 unspecified atom stereocenters. The minimum absolute atomic E-state index is 0.743. The largest absolute Gasteiger partial charge is 0.496 e. The zero-order valence-electron chi connectivity index (χ0n) is 11.3. The Morgan fingerprint density at radius 1 is 1.37 bits per heavy atom. The highest BCUT2D eigenvalue weighted by Gasteiger charge is 2.09. The molecule has 0 saturated heterocycles. The number of aryl methyl sites for hydroxylation is 1. The van der Waals surface area contributed by atoms with Gasteiger partial charge in [0.2, 0.25) is 0 Å². The van der Waals surface area contributed by atoms with Crippen LogP contribution in [0, 0.1) is 13.8 Å². The molecule has 3 nitrogen and oxygen atoms in total. The molecule has 5 heteroatoms. The van der Waals surface area contributed by atoms with Crippen LogP contribution in [0.3, 0.4) is 0 Å². The van der Waals surface area contributed by atoms with Gasteiger partial charge in [0.15, 0.2) is 0 Å². The quantitative estimate of drug-likeness (QED) is 0.898. The number of nitrogens with one attached hydrogen (secondary N) is 1. The summed E-state index contributed by atoms with van der Waals surface area (Å²) < 4.78 is 6.58. The summed E-state index contributed by atoms with van der Waals surface area (Å²) in [7, 11) is 1.70. The zero-order valence-corrected chi connectivity index (χ0v) is 13.7. The van der Waals surface area contributed by atoms with Gasteiger partial charge in [-0.25, -0.2) is 0 Å². The number of aromatic nitrogens is 1. The number of halogens is 1. The van der Waals surface area contributed by atoms with Crippen LogP contribution in [0.1, 0.15) is 21.7 Å². The topological polar surface area (TPSA) is 34.1 Å². The third kappa shape index (κ3) is 3.35. The van der Waals surface area contributed by atoms with Gasteiger partial charge in [0.25, 0.3) is 0 Å². The second-order valence-corrected chi connectivity index (χ2v) is 6.20. The lowest BCUT2D eigenvalue weighted by Gasteiger charge is -2.12. The number of hydrogen-bond donors (Lipinski definition) is 1. The molecule has 0 aliphatic rings. The molecule has 2 heterocycles. The average Bonchev–Trinajstić information content (AvgIpc) is 2.79. The fraction of sp³-hybridized carbons (Fsp3) is 0.357. The number of rotatable bonds is 5. The van der Waals surface area contributed by atoms with E-state index in [-0.39, 0.29) is 0 Å². The van der Waals surface area contributed by atoms with Crippen LogP contribution in [0.2, 0.25) is 0 Å². The Bertz CT molecular complexity index is 569. The van der Waals surface area contributed by atoms with Crippen LogP contribution in [0.25, 0.3) is 0 Å². The molecule has 0 spiro atoms. The van der Waals surface area contributed by atoms with Gasteiger partial charge in [0.05, 0.1) is 12.8 Å². The number of nitrogens with zero attached hydrogens (tertiary/aromatic N) is 1. The minimum Gasteiger partial charge on any atom is -0.496 e. The maximum Gasteiger partial charge on any atom is 0.128 e. The van der Waals surface area contributed by atoms with E-state index < -0.39 is 0 Å². The first-order valence-corrected chi connectivity index (χ1v) is 7.72. The van der Waals surface area contributed by atoms with Crippen LogP contribution < -0.4 is 10.1 Å². The van der Waals surface area contributed by atoms with Crippen molar-refractivity contribution in [2.45, 2.75) is 26.9 Å². The Labute approximate surface area is 126 Å². The highest BCUT2D eigenvalue weighted by molar-refractivity contribution is 9.10. The second kappa shape index (κ2) is 6.50. The first-order valence-electron chi connectivity index (χ1n) is 6.05. The molecular formula is C14H17BrN2OS. The Balaban J connectivity index is 2.02. The number of methoxy groups -OCH3 is 1. The molecular weight excluding hydrogens is 324 g/mol. The molecule has 0 radical (unpaired) electrons. The second-order valence-electron chi connectivity index (χ2n) is 4.34. The van der Waals surface area contributed by atoms with Crippen LogP contribution in [0.4, 0.5) is 0 Å². The molecule has 19 heavy (non-hydrogen) atoms. The van der Waals surface area contributed by atoms with Crippen molar-refractivity contribution in [1.82, 2.24) is 10.3 Å². The van der Waals surface area contributed by atoms with Crippen LogP contribution in [0.15, 0.2) is 22.1 Å². The van der Waals surface area contributed by atoms with E-state index in [1.165, 1.54) is 4.88 Å². The maximum atomic E-state index is 5.41. The van der Waals surface area contributed by atoms with Gasteiger partial charge >= 0.3 is 0 Å². The van der Waals surface area contributed by atoms with E-state index in [0.29, 0.717) is 0 Å². The maximum absolute atomic E-state index is 5.41. The van der Waals surface area contributed by atoms with Crippen molar-refractivity contribution >= 4 is 27.3 Å². The van der Waals surface area contributed by atoms with Crippen molar-refractivity contribution in [2.24, 2.45) is 0 Å². The van der Waals surface area contributed by atoms with Gasteiger partial charge in [0, 0.05) is 39.8 Å². The summed E-state index contributed by atoms with van der Waals surface area (Å²) in [6.45, 7) is 5.65. The van der Waals surface area contributed by atoms with E-state index in [1.54, 1.807) is 18.4 Å². The number of hydrogen-bond acceptors (Lipinski definition) is 4. The van der Waals surface area contributed by atoms with E-state index in [1.807, 2.05) is 13.1 Å². The van der Waals surface area contributed by atoms with E-state index in [0.717, 1.165) is 40.1 Å². The van der Waals surface area contributed by atoms with Crippen LogP contribution in [-0.4, -0.2) is 12.1 Å². The first-order chi connectivity index (χ1) is 9.13. The van der Waals surface area contributed by atoms with E-state index in [2.05, 4.69) is 44.6 Å². The Hall–Kier alpha value is -0.910. The van der Waals surface area contributed by atoms with Crippen molar-refractivity contribution in [2.75, 3.05) is 7.11 Å². The van der Waals surface area contributed by atoms with Crippen molar-refractivity contribution < 1.29 is 4.74 Å². The molecule has 0 bridgehead atoms. The molecule has 0 aliphatic carbocycles. The van der Waals surface area contributed by atoms with Gasteiger partial charge in [0.1, 0.15) is 5.75 Å². The summed E-state index contributed by atoms with van der Waals surface area (Å²) in [5.41, 5.74) is 3.22. The van der Waals surface area contributed by atoms with Crippen molar-refractivity contribution in [3.8, 4) is 5.75 Å². The molecule has 0 fully saturated rings. The van der Waals surface area contributed by atoms with Crippen molar-refractivity contribution in [3.63, 3.8) is 0 Å². The molecule has 0 atom stereocenters. The van der Waals surface area contributed by atoms with Crippen LogP contribution >= 0.6 is 27.3 Å². The minimum atomic E-state index is 0.743. The van der Waals surface area contributed by atoms with Crippen LogP contribution in [-0.2, 0) is 13.1 Å². The van der Waals surface area contributed by atoms with Gasteiger partial charge < -0.3 is 10.1 Å². The number of pyridine rings is 1. The Morgan fingerprint density at radius 2 is 2.16 bits per heavy atom. The van der Waals surface area contributed by atoms with Gasteiger partial charge in [-0.2, -0.15) is 0 Å². The predicted octanol–water partition coefficient (Wildman–Crippen LogP) is 3.82. The first kappa shape index (κ1) is 14.5. The summed E-state index contributed by atoms with van der Waals surface area (Å²) in [6, 6.07) is 2.07. The van der Waals surface area contributed by atoms with E-state index in [9.17, 15) is 0 Å². The van der Waals surface area contributed by atoms with Crippen LogP contribution in [0.5, 0.6) is 5.75 Å². The summed E-state index contributed by atoms with van der Waals surface area (Å²) in [6.07, 6.45) is 1.86. The molecule has 2 aromatic heterocycles. The fourth-order valence-corrected chi connectivity index (χ4v) is 3.46. The third-order valence-electron chi connectivity index (χ3n) is 3.02. The molecule has 0 amide bonds. The van der Waals surface area contributed by atoms with Gasteiger partial charge in [-0.1, -0.05) is 0 Å². The van der Waals surface area contributed by atoms with Gasteiger partial charge in [-0.05, 0) is 41.2 Å². The molecule has 0 aliphatic heterocycles. The number of thiophene rings is 1. The smallest absolute Gasteiger partial charge is 0.128 e. The highest BCUT2D eigenvalue weighted by Crippen LogP contribution is 2.25. The summed E-state index contributed by atoms with van der Waals surface area (Å²) in [5, 5.41) is 5.50. The lowest BCUT2D eigenvalue weighted by molar-refractivity contribution is 0.406.